The number of esters is 1. The molecule has 202 valence electrons. The van der Waals surface area contributed by atoms with Crippen LogP contribution in [0.4, 0.5) is 0 Å². The van der Waals surface area contributed by atoms with Gasteiger partial charge in [0.15, 0.2) is 18.0 Å². The standard InChI is InChI=1S/C26H42N4O6/c1-2-3-4-5-6-7-8-9-10-11-12-13-14-15-21(32)36-23-22(33)20(17-31)35-26(23)30-24-19(16-29-30)25(34)28-18-27-24/h16,18,20,22-23,26,31,33H,2-15,17H2,1H3,(H,27,28,34)/t20-,22-,23-,26-/m1/s1. The number of H-pyrrole nitrogens is 1. The summed E-state index contributed by atoms with van der Waals surface area (Å²) >= 11 is 0. The third-order valence-corrected chi connectivity index (χ3v) is 6.88. The van der Waals surface area contributed by atoms with Crippen LogP contribution in [0.2, 0.25) is 0 Å². The molecule has 0 aliphatic carbocycles. The maximum Gasteiger partial charge on any atom is 0.306 e. The molecule has 0 spiro atoms. The molecule has 3 rings (SSSR count). The van der Waals surface area contributed by atoms with Gasteiger partial charge in [0.05, 0.1) is 19.1 Å². The first-order valence-electron chi connectivity index (χ1n) is 13.6. The summed E-state index contributed by atoms with van der Waals surface area (Å²) in [6, 6.07) is 0. The number of carbonyl (C=O) groups is 1. The Morgan fingerprint density at radius 3 is 2.28 bits per heavy atom. The number of hydrogen-bond donors (Lipinski definition) is 3. The molecule has 10 nitrogen and oxygen atoms in total. The van der Waals surface area contributed by atoms with E-state index in [1.54, 1.807) is 0 Å². The Kier molecular flexibility index (Phi) is 11.8. The molecule has 0 saturated carbocycles. The maximum absolute atomic E-state index is 12.5. The van der Waals surface area contributed by atoms with Crippen LogP contribution in [0, 0.1) is 0 Å². The molecule has 1 saturated heterocycles. The van der Waals surface area contributed by atoms with Crippen LogP contribution in [0.5, 0.6) is 0 Å². The van der Waals surface area contributed by atoms with E-state index >= 15 is 0 Å². The number of nitrogens with one attached hydrogen (secondary N) is 1. The number of hydrogen-bond acceptors (Lipinski definition) is 8. The van der Waals surface area contributed by atoms with Gasteiger partial charge in [0.1, 0.15) is 17.6 Å². The Bertz CT molecular complexity index is 977. The molecule has 0 aromatic carbocycles. The SMILES string of the molecule is CCCCCCCCCCCCCCCC(=O)O[C@@H]1[C@H](O)[C@@H](CO)O[C@H]1n1ncc2c(=O)[nH]cnc21. The maximum atomic E-state index is 12.5. The van der Waals surface area contributed by atoms with E-state index in [9.17, 15) is 19.8 Å². The third-order valence-electron chi connectivity index (χ3n) is 6.88. The van der Waals surface area contributed by atoms with Crippen molar-refractivity contribution in [3.8, 4) is 0 Å². The lowest BCUT2D eigenvalue weighted by Gasteiger charge is -2.21. The largest absolute Gasteiger partial charge is 0.455 e. The highest BCUT2D eigenvalue weighted by Gasteiger charge is 2.48. The molecule has 0 unspecified atom stereocenters. The van der Waals surface area contributed by atoms with E-state index in [-0.39, 0.29) is 23.0 Å². The smallest absolute Gasteiger partial charge is 0.306 e. The lowest BCUT2D eigenvalue weighted by molar-refractivity contribution is -0.159. The predicted molar refractivity (Wildman–Crippen MR) is 135 cm³/mol. The summed E-state index contributed by atoms with van der Waals surface area (Å²) in [6.45, 7) is 1.80. The normalized spacial score (nSPS) is 21.9. The molecule has 0 bridgehead atoms. The second-order valence-electron chi connectivity index (χ2n) is 9.74. The lowest BCUT2D eigenvalue weighted by atomic mass is 10.0. The van der Waals surface area contributed by atoms with Crippen molar-refractivity contribution in [2.75, 3.05) is 6.61 Å². The van der Waals surface area contributed by atoms with Crippen LogP contribution in [0.3, 0.4) is 0 Å². The topological polar surface area (TPSA) is 140 Å². The predicted octanol–water partition coefficient (Wildman–Crippen LogP) is 3.76. The summed E-state index contributed by atoms with van der Waals surface area (Å²) in [7, 11) is 0. The van der Waals surface area contributed by atoms with Crippen LogP contribution in [-0.2, 0) is 14.3 Å². The van der Waals surface area contributed by atoms with Crippen molar-refractivity contribution in [1.82, 2.24) is 19.7 Å². The molecular formula is C26H42N4O6. The van der Waals surface area contributed by atoms with Crippen LogP contribution < -0.4 is 5.56 Å². The first-order valence-corrected chi connectivity index (χ1v) is 13.6. The Balaban J connectivity index is 1.37. The first kappa shape index (κ1) is 28.3. The number of rotatable bonds is 17. The molecule has 4 atom stereocenters. The lowest BCUT2D eigenvalue weighted by Crippen LogP contribution is -2.37. The zero-order chi connectivity index (χ0) is 25.8. The molecule has 10 heteroatoms. The highest BCUT2D eigenvalue weighted by Crippen LogP contribution is 2.33. The van der Waals surface area contributed by atoms with E-state index in [1.165, 1.54) is 81.4 Å². The minimum Gasteiger partial charge on any atom is -0.455 e. The monoisotopic (exact) mass is 506 g/mol. The van der Waals surface area contributed by atoms with Gasteiger partial charge in [-0.1, -0.05) is 84.0 Å². The van der Waals surface area contributed by atoms with Crippen molar-refractivity contribution < 1.29 is 24.5 Å². The van der Waals surface area contributed by atoms with Crippen molar-refractivity contribution in [2.45, 2.75) is 121 Å². The highest BCUT2D eigenvalue weighted by atomic mass is 16.6. The number of aromatic amines is 1. The summed E-state index contributed by atoms with van der Waals surface area (Å²) in [5, 5.41) is 24.6. The van der Waals surface area contributed by atoms with Crippen LogP contribution in [-0.4, -0.2) is 60.8 Å². The van der Waals surface area contributed by atoms with Gasteiger partial charge in [-0.05, 0) is 6.42 Å². The van der Waals surface area contributed by atoms with Crippen LogP contribution in [0.1, 0.15) is 103 Å². The summed E-state index contributed by atoms with van der Waals surface area (Å²) in [4.78, 5) is 31.1. The van der Waals surface area contributed by atoms with Crippen molar-refractivity contribution in [1.29, 1.82) is 0 Å². The van der Waals surface area contributed by atoms with Gasteiger partial charge in [-0.3, -0.25) is 9.59 Å². The van der Waals surface area contributed by atoms with Crippen molar-refractivity contribution in [2.24, 2.45) is 0 Å². The van der Waals surface area contributed by atoms with Crippen LogP contribution >= 0.6 is 0 Å². The second kappa shape index (κ2) is 15.1. The minimum absolute atomic E-state index is 0.243. The Morgan fingerprint density at radius 1 is 1.06 bits per heavy atom. The van der Waals surface area contributed by atoms with E-state index in [4.69, 9.17) is 9.47 Å². The number of nitrogens with zero attached hydrogens (tertiary/aromatic N) is 3. The molecule has 2 aromatic heterocycles. The Hall–Kier alpha value is -2.30. The number of aliphatic hydroxyl groups excluding tert-OH is 2. The van der Waals surface area contributed by atoms with Gasteiger partial charge < -0.3 is 24.7 Å². The van der Waals surface area contributed by atoms with Gasteiger partial charge in [0.2, 0.25) is 0 Å². The quantitative estimate of drug-likeness (QED) is 0.218. The number of carbonyl (C=O) groups excluding carboxylic acids is 1. The number of aromatic nitrogens is 4. The molecular weight excluding hydrogens is 464 g/mol. The molecule has 3 N–H and O–H groups in total. The number of aliphatic hydroxyl groups is 2. The fourth-order valence-corrected chi connectivity index (χ4v) is 4.75. The van der Waals surface area contributed by atoms with Gasteiger partial charge in [-0.2, -0.15) is 5.10 Å². The Labute approximate surface area is 212 Å². The van der Waals surface area contributed by atoms with Gasteiger partial charge in [-0.25, -0.2) is 9.67 Å². The van der Waals surface area contributed by atoms with Crippen molar-refractivity contribution >= 4 is 17.0 Å². The minimum atomic E-state index is -1.23. The summed E-state index contributed by atoms with van der Waals surface area (Å²) in [5.74, 6) is -0.434. The van der Waals surface area contributed by atoms with Gasteiger partial charge in [-0.15, -0.1) is 0 Å². The third kappa shape index (κ3) is 7.85. The average molecular weight is 507 g/mol. The van der Waals surface area contributed by atoms with Gasteiger partial charge in [0.25, 0.3) is 5.56 Å². The van der Waals surface area contributed by atoms with E-state index in [0.29, 0.717) is 0 Å². The summed E-state index contributed by atoms with van der Waals surface area (Å²) in [6.07, 6.45) is 14.5. The summed E-state index contributed by atoms with van der Waals surface area (Å²) in [5.41, 5.74) is -0.119. The van der Waals surface area contributed by atoms with E-state index < -0.39 is 37.1 Å². The van der Waals surface area contributed by atoms with E-state index in [1.807, 2.05) is 0 Å². The summed E-state index contributed by atoms with van der Waals surface area (Å²) < 4.78 is 12.6. The fourth-order valence-electron chi connectivity index (χ4n) is 4.75. The van der Waals surface area contributed by atoms with E-state index in [2.05, 4.69) is 22.0 Å². The van der Waals surface area contributed by atoms with Crippen LogP contribution in [0.25, 0.3) is 11.0 Å². The molecule has 0 radical (unpaired) electrons. The zero-order valence-corrected chi connectivity index (χ0v) is 21.4. The molecule has 1 fully saturated rings. The molecule has 2 aromatic rings. The van der Waals surface area contributed by atoms with Crippen molar-refractivity contribution in [3.05, 3.63) is 22.9 Å². The first-order chi connectivity index (χ1) is 17.6. The molecule has 3 heterocycles. The molecule has 36 heavy (non-hydrogen) atoms. The van der Waals surface area contributed by atoms with Crippen LogP contribution in [0.15, 0.2) is 17.3 Å². The molecule has 1 aliphatic heterocycles. The second-order valence-corrected chi connectivity index (χ2v) is 9.74. The van der Waals surface area contributed by atoms with Crippen molar-refractivity contribution in [3.63, 3.8) is 0 Å². The molecule has 1 aliphatic rings. The fraction of sp³-hybridized carbons (Fsp3) is 0.769. The highest BCUT2D eigenvalue weighted by molar-refractivity contribution is 5.73. The average Bonchev–Trinajstić information content (AvgIpc) is 3.44. The van der Waals surface area contributed by atoms with Gasteiger partial charge >= 0.3 is 5.97 Å². The number of unbranched alkanes of at least 4 members (excludes halogenated alkanes) is 12. The molecule has 0 amide bonds. The van der Waals surface area contributed by atoms with E-state index in [0.717, 1.165) is 19.3 Å². The zero-order valence-electron chi connectivity index (χ0n) is 21.4. The van der Waals surface area contributed by atoms with Gasteiger partial charge in [0, 0.05) is 6.42 Å². The Morgan fingerprint density at radius 2 is 1.67 bits per heavy atom. The number of fused-ring (bicyclic) bond motifs is 1. The number of ether oxygens (including phenoxy) is 2.